The number of aliphatic hydroxyl groups excluding tert-OH is 1. The molecule has 0 aromatic carbocycles. The molecule has 94 valence electrons. The summed E-state index contributed by atoms with van der Waals surface area (Å²) in [7, 11) is 3.57. The lowest BCUT2D eigenvalue weighted by Gasteiger charge is -2.28. The first-order chi connectivity index (χ1) is 7.65. The number of hydrogen-bond donors (Lipinski definition) is 1. The first-order valence-electron chi connectivity index (χ1n) is 6.20. The van der Waals surface area contributed by atoms with E-state index >= 15 is 0 Å². The van der Waals surface area contributed by atoms with E-state index in [0.29, 0.717) is 19.0 Å². The highest BCUT2D eigenvalue weighted by atomic mass is 16.3. The highest BCUT2D eigenvalue weighted by molar-refractivity contribution is 5.75. The number of carbonyl (C=O) groups is 1. The van der Waals surface area contributed by atoms with E-state index in [1.54, 1.807) is 19.0 Å². The van der Waals surface area contributed by atoms with Crippen LogP contribution in [0.4, 0.5) is 0 Å². The van der Waals surface area contributed by atoms with Crippen LogP contribution < -0.4 is 0 Å². The number of carbonyl (C=O) groups excluding carboxylic acids is 1. The Balaban J connectivity index is 2.35. The molecular formula is C12H24N2O2. The summed E-state index contributed by atoms with van der Waals surface area (Å²) >= 11 is 0. The van der Waals surface area contributed by atoms with Crippen molar-refractivity contribution in [1.82, 2.24) is 9.80 Å². The largest absolute Gasteiger partial charge is 0.395 e. The van der Waals surface area contributed by atoms with Gasteiger partial charge in [-0.3, -0.25) is 9.69 Å². The molecule has 0 heterocycles. The van der Waals surface area contributed by atoms with Gasteiger partial charge in [0.1, 0.15) is 0 Å². The monoisotopic (exact) mass is 228 g/mol. The molecule has 0 saturated heterocycles. The lowest BCUT2D eigenvalue weighted by atomic mass is 10.2. The Kier molecular flexibility index (Phi) is 5.77. The van der Waals surface area contributed by atoms with E-state index in [4.69, 9.17) is 5.11 Å². The standard InChI is InChI=1S/C12H24N2O2/c1-13(2)12(16)7-8-14(9-10-15)11-5-3-4-6-11/h11,15H,3-10H2,1-2H3. The third-order valence-corrected chi connectivity index (χ3v) is 3.34. The van der Waals surface area contributed by atoms with Crippen LogP contribution in [0.3, 0.4) is 0 Å². The summed E-state index contributed by atoms with van der Waals surface area (Å²) in [5.41, 5.74) is 0. The molecule has 16 heavy (non-hydrogen) atoms. The van der Waals surface area contributed by atoms with Crippen LogP contribution in [0.1, 0.15) is 32.1 Å². The van der Waals surface area contributed by atoms with Crippen molar-refractivity contribution in [3.05, 3.63) is 0 Å². The predicted octanol–water partition coefficient (Wildman–Crippen LogP) is 0.702. The molecule has 4 nitrogen and oxygen atoms in total. The van der Waals surface area contributed by atoms with Crippen LogP contribution in [0.15, 0.2) is 0 Å². The molecule has 0 bridgehead atoms. The molecular weight excluding hydrogens is 204 g/mol. The van der Waals surface area contributed by atoms with Gasteiger partial charge >= 0.3 is 0 Å². The van der Waals surface area contributed by atoms with E-state index in [-0.39, 0.29) is 12.5 Å². The zero-order valence-corrected chi connectivity index (χ0v) is 10.5. The molecule has 0 aromatic heterocycles. The van der Waals surface area contributed by atoms with Gasteiger partial charge in [-0.2, -0.15) is 0 Å². The zero-order valence-electron chi connectivity index (χ0n) is 10.5. The van der Waals surface area contributed by atoms with Crippen molar-refractivity contribution in [1.29, 1.82) is 0 Å². The van der Waals surface area contributed by atoms with Crippen LogP contribution in [0.25, 0.3) is 0 Å². The average Bonchev–Trinajstić information content (AvgIpc) is 2.76. The lowest BCUT2D eigenvalue weighted by molar-refractivity contribution is -0.129. The first kappa shape index (κ1) is 13.5. The SMILES string of the molecule is CN(C)C(=O)CCN(CCO)C1CCCC1. The Morgan fingerprint density at radius 1 is 1.25 bits per heavy atom. The number of hydrogen-bond acceptors (Lipinski definition) is 3. The number of aliphatic hydroxyl groups is 1. The Hall–Kier alpha value is -0.610. The minimum absolute atomic E-state index is 0.168. The summed E-state index contributed by atoms with van der Waals surface area (Å²) in [5, 5.41) is 9.03. The molecule has 0 radical (unpaired) electrons. The summed E-state index contributed by atoms with van der Waals surface area (Å²) in [4.78, 5) is 15.4. The van der Waals surface area contributed by atoms with Crippen LogP contribution in [-0.4, -0.2) is 60.6 Å². The van der Waals surface area contributed by atoms with Crippen molar-refractivity contribution in [2.24, 2.45) is 0 Å². The van der Waals surface area contributed by atoms with Crippen molar-refractivity contribution < 1.29 is 9.90 Å². The second-order valence-corrected chi connectivity index (χ2v) is 4.74. The maximum absolute atomic E-state index is 11.5. The fraction of sp³-hybridized carbons (Fsp3) is 0.917. The van der Waals surface area contributed by atoms with Gasteiger partial charge in [-0.1, -0.05) is 12.8 Å². The van der Waals surface area contributed by atoms with Gasteiger partial charge in [0.05, 0.1) is 6.61 Å². The molecule has 1 N–H and O–H groups in total. The molecule has 1 aliphatic carbocycles. The van der Waals surface area contributed by atoms with Gasteiger partial charge in [0.15, 0.2) is 0 Å². The van der Waals surface area contributed by atoms with Gasteiger partial charge in [-0.25, -0.2) is 0 Å². The molecule has 1 saturated carbocycles. The molecule has 0 atom stereocenters. The van der Waals surface area contributed by atoms with Gasteiger partial charge in [-0.05, 0) is 12.8 Å². The molecule has 4 heteroatoms. The highest BCUT2D eigenvalue weighted by Crippen LogP contribution is 2.23. The summed E-state index contributed by atoms with van der Waals surface area (Å²) < 4.78 is 0. The normalized spacial score (nSPS) is 17.0. The van der Waals surface area contributed by atoms with E-state index in [1.807, 2.05) is 0 Å². The average molecular weight is 228 g/mol. The van der Waals surface area contributed by atoms with E-state index in [1.165, 1.54) is 25.7 Å². The third-order valence-electron chi connectivity index (χ3n) is 3.34. The molecule has 1 aliphatic rings. The summed E-state index contributed by atoms with van der Waals surface area (Å²) in [6, 6.07) is 0.585. The fourth-order valence-electron chi connectivity index (χ4n) is 2.34. The second kappa shape index (κ2) is 6.86. The maximum Gasteiger partial charge on any atom is 0.223 e. The summed E-state index contributed by atoms with van der Waals surface area (Å²) in [5.74, 6) is 0.168. The Bertz CT molecular complexity index is 213. The molecule has 1 amide bonds. The summed E-state index contributed by atoms with van der Waals surface area (Å²) in [6.45, 7) is 1.67. The van der Waals surface area contributed by atoms with Crippen molar-refractivity contribution in [2.75, 3.05) is 33.8 Å². The minimum atomic E-state index is 0.168. The lowest BCUT2D eigenvalue weighted by Crippen LogP contribution is -2.38. The Morgan fingerprint density at radius 3 is 2.38 bits per heavy atom. The van der Waals surface area contributed by atoms with Crippen molar-refractivity contribution in [3.8, 4) is 0 Å². The van der Waals surface area contributed by atoms with Gasteiger partial charge in [-0.15, -0.1) is 0 Å². The minimum Gasteiger partial charge on any atom is -0.395 e. The number of rotatable bonds is 6. The van der Waals surface area contributed by atoms with Crippen molar-refractivity contribution >= 4 is 5.91 Å². The first-order valence-corrected chi connectivity index (χ1v) is 6.20. The fourth-order valence-corrected chi connectivity index (χ4v) is 2.34. The van der Waals surface area contributed by atoms with E-state index in [9.17, 15) is 4.79 Å². The maximum atomic E-state index is 11.5. The van der Waals surface area contributed by atoms with Gasteiger partial charge in [0.25, 0.3) is 0 Å². The Morgan fingerprint density at radius 2 is 1.88 bits per heavy atom. The second-order valence-electron chi connectivity index (χ2n) is 4.74. The topological polar surface area (TPSA) is 43.8 Å². The van der Waals surface area contributed by atoms with E-state index < -0.39 is 0 Å². The van der Waals surface area contributed by atoms with Crippen molar-refractivity contribution in [3.63, 3.8) is 0 Å². The van der Waals surface area contributed by atoms with Crippen LogP contribution in [0.5, 0.6) is 0 Å². The van der Waals surface area contributed by atoms with Gasteiger partial charge in [0.2, 0.25) is 5.91 Å². The van der Waals surface area contributed by atoms with Gasteiger partial charge in [0, 0.05) is 39.6 Å². The zero-order chi connectivity index (χ0) is 12.0. The van der Waals surface area contributed by atoms with E-state index in [0.717, 1.165) is 6.54 Å². The molecule has 1 rings (SSSR count). The highest BCUT2D eigenvalue weighted by Gasteiger charge is 2.22. The van der Waals surface area contributed by atoms with Crippen LogP contribution in [0, 0.1) is 0 Å². The Labute approximate surface area is 98.2 Å². The molecule has 0 aromatic rings. The van der Waals surface area contributed by atoms with Crippen LogP contribution in [0.2, 0.25) is 0 Å². The van der Waals surface area contributed by atoms with Crippen molar-refractivity contribution in [2.45, 2.75) is 38.1 Å². The number of amides is 1. The predicted molar refractivity (Wildman–Crippen MR) is 64.2 cm³/mol. The van der Waals surface area contributed by atoms with Gasteiger partial charge < -0.3 is 10.0 Å². The molecule has 0 spiro atoms. The van der Waals surface area contributed by atoms with Crippen LogP contribution in [-0.2, 0) is 4.79 Å². The molecule has 0 unspecified atom stereocenters. The molecule has 0 aliphatic heterocycles. The molecule has 1 fully saturated rings. The van der Waals surface area contributed by atoms with E-state index in [2.05, 4.69) is 4.90 Å². The number of nitrogens with zero attached hydrogens (tertiary/aromatic N) is 2. The van der Waals surface area contributed by atoms with Crippen LogP contribution >= 0.6 is 0 Å². The smallest absolute Gasteiger partial charge is 0.223 e. The quantitative estimate of drug-likeness (QED) is 0.728. The third kappa shape index (κ3) is 4.10. The summed E-state index contributed by atoms with van der Waals surface area (Å²) in [6.07, 6.45) is 5.57.